The van der Waals surface area contributed by atoms with E-state index in [-0.39, 0.29) is 24.8 Å². The van der Waals surface area contributed by atoms with Gasteiger partial charge in [0, 0.05) is 42.8 Å². The molecule has 2 aliphatic heterocycles. The van der Waals surface area contributed by atoms with Crippen LogP contribution < -0.4 is 4.90 Å². The monoisotopic (exact) mass is 528 g/mol. The molecule has 3 aromatic rings. The number of hydrogen-bond acceptors (Lipinski definition) is 7. The predicted molar refractivity (Wildman–Crippen MR) is 129 cm³/mol. The fraction of sp³-hybridized carbons (Fsp3) is 0.480. The van der Waals surface area contributed by atoms with Gasteiger partial charge in [-0.3, -0.25) is 9.47 Å². The van der Waals surface area contributed by atoms with E-state index >= 15 is 0 Å². The third-order valence-corrected chi connectivity index (χ3v) is 7.98. The van der Waals surface area contributed by atoms with Crippen LogP contribution in [0.4, 0.5) is 19.1 Å². The van der Waals surface area contributed by atoms with E-state index < -0.39 is 12.1 Å². The van der Waals surface area contributed by atoms with Gasteiger partial charge in [-0.15, -0.1) is 10.2 Å². The molecule has 8 nitrogen and oxygen atoms in total. The summed E-state index contributed by atoms with van der Waals surface area (Å²) in [5.41, 5.74) is 2.23. The smallest absolute Gasteiger partial charge is 0.341 e. The summed E-state index contributed by atoms with van der Waals surface area (Å²) < 4.78 is 41.5. The lowest BCUT2D eigenvalue weighted by molar-refractivity contribution is -0.207. The van der Waals surface area contributed by atoms with E-state index in [1.807, 2.05) is 18.2 Å². The van der Waals surface area contributed by atoms with Crippen molar-refractivity contribution in [1.29, 1.82) is 5.26 Å². The van der Waals surface area contributed by atoms with Crippen LogP contribution in [0.5, 0.6) is 0 Å². The summed E-state index contributed by atoms with van der Waals surface area (Å²) in [6.07, 6.45) is -0.728. The number of nitriles is 1. The minimum Gasteiger partial charge on any atom is -0.341 e. The van der Waals surface area contributed by atoms with Gasteiger partial charge in [0.05, 0.1) is 18.2 Å². The van der Waals surface area contributed by atoms with Gasteiger partial charge in [-0.2, -0.15) is 18.4 Å². The minimum absolute atomic E-state index is 0.105. The molecule has 0 radical (unpaired) electrons. The SMILES string of the molecule is N#Cc1ccnc(N2CCC(c3nnc4n3-c3ccc(Cl)cc3CN(C3CC(C(F)(F)F)C3)C4)CC2)n1. The van der Waals surface area contributed by atoms with Crippen molar-refractivity contribution in [3.05, 3.63) is 58.4 Å². The second-order valence-corrected chi connectivity index (χ2v) is 10.4. The van der Waals surface area contributed by atoms with Gasteiger partial charge < -0.3 is 4.90 Å². The van der Waals surface area contributed by atoms with Gasteiger partial charge in [-0.05, 0) is 55.5 Å². The van der Waals surface area contributed by atoms with E-state index in [4.69, 9.17) is 16.9 Å². The third kappa shape index (κ3) is 4.53. The summed E-state index contributed by atoms with van der Waals surface area (Å²) in [6.45, 7) is 2.37. The molecule has 12 heteroatoms. The molecule has 0 spiro atoms. The first-order valence-electron chi connectivity index (χ1n) is 12.3. The zero-order chi connectivity index (χ0) is 25.7. The molecule has 0 atom stereocenters. The fourth-order valence-corrected chi connectivity index (χ4v) is 5.82. The van der Waals surface area contributed by atoms with Crippen molar-refractivity contribution in [2.24, 2.45) is 5.92 Å². The Morgan fingerprint density at radius 2 is 1.84 bits per heavy atom. The molecule has 0 amide bonds. The van der Waals surface area contributed by atoms with E-state index in [1.54, 1.807) is 12.3 Å². The largest absolute Gasteiger partial charge is 0.391 e. The first-order chi connectivity index (χ1) is 17.8. The topological polar surface area (TPSA) is 86.8 Å². The van der Waals surface area contributed by atoms with Gasteiger partial charge in [-0.25, -0.2) is 9.97 Å². The predicted octanol–water partition coefficient (Wildman–Crippen LogP) is 4.62. The van der Waals surface area contributed by atoms with E-state index in [0.717, 1.165) is 35.7 Å². The summed E-state index contributed by atoms with van der Waals surface area (Å²) in [7, 11) is 0. The lowest BCUT2D eigenvalue weighted by atomic mass is 9.78. The minimum atomic E-state index is -4.15. The number of benzene rings is 1. The van der Waals surface area contributed by atoms with Crippen LogP contribution in [0.2, 0.25) is 5.02 Å². The maximum atomic E-state index is 13.1. The molecule has 0 N–H and O–H groups in total. The molecule has 0 unspecified atom stereocenters. The van der Waals surface area contributed by atoms with Crippen LogP contribution in [-0.2, 0) is 13.1 Å². The number of nitrogens with zero attached hydrogens (tertiary/aromatic N) is 8. The van der Waals surface area contributed by atoms with E-state index in [9.17, 15) is 13.2 Å². The number of anilines is 1. The normalized spacial score (nSPS) is 22.5. The lowest BCUT2D eigenvalue weighted by Crippen LogP contribution is -2.48. The number of hydrogen-bond donors (Lipinski definition) is 0. The number of fused-ring (bicyclic) bond motifs is 3. The molecule has 6 rings (SSSR count). The lowest BCUT2D eigenvalue weighted by Gasteiger charge is -2.43. The Bertz CT molecular complexity index is 1350. The summed E-state index contributed by atoms with van der Waals surface area (Å²) in [5.74, 6) is 1.04. The molecule has 2 aromatic heterocycles. The average Bonchev–Trinajstić information content (AvgIpc) is 3.19. The van der Waals surface area contributed by atoms with Gasteiger partial charge in [-0.1, -0.05) is 11.6 Å². The van der Waals surface area contributed by atoms with Crippen LogP contribution in [0.3, 0.4) is 0 Å². The zero-order valence-corrected chi connectivity index (χ0v) is 20.6. The van der Waals surface area contributed by atoms with Crippen LogP contribution in [0, 0.1) is 17.2 Å². The Hall–Kier alpha value is -3.23. The molecule has 37 heavy (non-hydrogen) atoms. The summed E-state index contributed by atoms with van der Waals surface area (Å²) in [6, 6.07) is 9.16. The first-order valence-corrected chi connectivity index (χ1v) is 12.7. The highest BCUT2D eigenvalue weighted by atomic mass is 35.5. The molecule has 1 saturated carbocycles. The van der Waals surface area contributed by atoms with Gasteiger partial charge in [0.2, 0.25) is 5.95 Å². The maximum absolute atomic E-state index is 13.1. The van der Waals surface area contributed by atoms with Crippen molar-refractivity contribution < 1.29 is 13.2 Å². The zero-order valence-electron chi connectivity index (χ0n) is 19.9. The highest BCUT2D eigenvalue weighted by Crippen LogP contribution is 2.45. The number of aromatic nitrogens is 5. The van der Waals surface area contributed by atoms with Crippen molar-refractivity contribution in [3.63, 3.8) is 0 Å². The highest BCUT2D eigenvalue weighted by Gasteiger charge is 2.49. The highest BCUT2D eigenvalue weighted by molar-refractivity contribution is 6.30. The van der Waals surface area contributed by atoms with Crippen LogP contribution in [0.25, 0.3) is 5.69 Å². The molecule has 0 bridgehead atoms. The maximum Gasteiger partial charge on any atom is 0.391 e. The van der Waals surface area contributed by atoms with Gasteiger partial charge >= 0.3 is 6.18 Å². The van der Waals surface area contributed by atoms with Crippen molar-refractivity contribution in [1.82, 2.24) is 29.6 Å². The molecule has 1 aromatic carbocycles. The Labute approximate surface area is 216 Å². The fourth-order valence-electron chi connectivity index (χ4n) is 5.63. The van der Waals surface area contributed by atoms with Crippen LogP contribution in [0.1, 0.15) is 54.5 Å². The molecule has 192 valence electrons. The van der Waals surface area contributed by atoms with Crippen LogP contribution >= 0.6 is 11.6 Å². The number of halogens is 4. The Morgan fingerprint density at radius 1 is 1.05 bits per heavy atom. The number of rotatable bonds is 3. The Morgan fingerprint density at radius 3 is 2.57 bits per heavy atom. The average molecular weight is 529 g/mol. The molecule has 4 heterocycles. The van der Waals surface area contributed by atoms with Gasteiger partial charge in [0.15, 0.2) is 5.82 Å². The molecule has 2 fully saturated rings. The molecule has 1 aliphatic carbocycles. The molecule has 3 aliphatic rings. The Kier molecular flexibility index (Phi) is 6.04. The summed E-state index contributed by atoms with van der Waals surface area (Å²) in [5, 5.41) is 18.8. The van der Waals surface area contributed by atoms with Crippen LogP contribution in [-0.4, -0.2) is 54.9 Å². The second kappa shape index (κ2) is 9.26. The number of piperidine rings is 1. The molecular formula is C25H24ClF3N8. The molecular weight excluding hydrogens is 505 g/mol. The number of alkyl halides is 3. The summed E-state index contributed by atoms with van der Waals surface area (Å²) >= 11 is 6.33. The quantitative estimate of drug-likeness (QED) is 0.490. The molecule has 1 saturated heterocycles. The second-order valence-electron chi connectivity index (χ2n) is 9.97. The van der Waals surface area contributed by atoms with Crippen LogP contribution in [0.15, 0.2) is 30.5 Å². The third-order valence-electron chi connectivity index (χ3n) is 7.75. The summed E-state index contributed by atoms with van der Waals surface area (Å²) in [4.78, 5) is 12.8. The van der Waals surface area contributed by atoms with Crippen molar-refractivity contribution in [2.45, 2.75) is 56.9 Å². The standard InChI is InChI=1S/C25H24ClF3N8/c26-18-1-2-21-16(9-18)13-36(20-10-17(11-20)25(27,28)29)14-22-33-34-23(37(21)22)15-4-7-35(8-5-15)24-31-6-3-19(12-30)32-24/h1-3,6,9,15,17,20H,4-5,7-8,10-11,13-14H2. The first kappa shape index (κ1) is 24.1. The van der Waals surface area contributed by atoms with E-state index in [1.165, 1.54) is 0 Å². The Balaban J connectivity index is 1.25. The van der Waals surface area contributed by atoms with Crippen molar-refractivity contribution in [3.8, 4) is 11.8 Å². The van der Waals surface area contributed by atoms with Crippen molar-refractivity contribution in [2.75, 3.05) is 18.0 Å². The van der Waals surface area contributed by atoms with Gasteiger partial charge in [0.25, 0.3) is 0 Å². The van der Waals surface area contributed by atoms with E-state index in [0.29, 0.717) is 42.8 Å². The van der Waals surface area contributed by atoms with Crippen molar-refractivity contribution >= 4 is 17.5 Å². The van der Waals surface area contributed by atoms with Gasteiger partial charge in [0.1, 0.15) is 17.6 Å². The van der Waals surface area contributed by atoms with E-state index in [2.05, 4.69) is 40.6 Å².